The molecule has 0 bridgehead atoms. The summed E-state index contributed by atoms with van der Waals surface area (Å²) in [4.78, 5) is 25.2. The average molecular weight is 342 g/mol. The number of amides is 1. The molecule has 3 rings (SSSR count). The van der Waals surface area contributed by atoms with Crippen LogP contribution in [0.5, 0.6) is 0 Å². The lowest BCUT2D eigenvalue weighted by atomic mass is 10.1. The van der Waals surface area contributed by atoms with Crippen LogP contribution >= 0.6 is 11.6 Å². The average Bonchev–Trinajstić information content (AvgIpc) is 2.55. The highest BCUT2D eigenvalue weighted by atomic mass is 35.5. The number of hydrogen-bond acceptors (Lipinski definition) is 3. The minimum absolute atomic E-state index is 0.159. The van der Waals surface area contributed by atoms with E-state index in [0.717, 1.165) is 11.1 Å². The summed E-state index contributed by atoms with van der Waals surface area (Å²) in [5.74, 6) is -0.536. The van der Waals surface area contributed by atoms with Gasteiger partial charge in [0.05, 0.1) is 10.9 Å². The van der Waals surface area contributed by atoms with E-state index in [1.807, 2.05) is 26.0 Å². The Morgan fingerprint density at radius 1 is 1.21 bits per heavy atom. The van der Waals surface area contributed by atoms with Crippen molar-refractivity contribution in [2.24, 2.45) is 7.05 Å². The molecule has 5 nitrogen and oxygen atoms in total. The molecule has 1 heterocycles. The third-order valence-corrected chi connectivity index (χ3v) is 4.32. The first-order valence-electron chi connectivity index (χ1n) is 7.42. The maximum absolute atomic E-state index is 12.6. The highest BCUT2D eigenvalue weighted by molar-refractivity contribution is 6.31. The molecular weight excluding hydrogens is 326 g/mol. The summed E-state index contributed by atoms with van der Waals surface area (Å²) in [6, 6.07) is 10.5. The van der Waals surface area contributed by atoms with E-state index in [-0.39, 0.29) is 5.69 Å². The van der Waals surface area contributed by atoms with Crippen LogP contribution in [0.25, 0.3) is 10.9 Å². The molecule has 1 amide bonds. The first kappa shape index (κ1) is 16.2. The number of fused-ring (bicyclic) bond motifs is 1. The SMILES string of the molecule is Cc1cccc(NC(=O)c2nn(C)c3ccc(Cl)cc3c2=O)c1C. The molecule has 122 valence electrons. The van der Waals surface area contributed by atoms with Crippen LogP contribution in [-0.2, 0) is 7.05 Å². The van der Waals surface area contributed by atoms with Crippen LogP contribution in [0.4, 0.5) is 5.69 Å². The number of carbonyl (C=O) groups is 1. The van der Waals surface area contributed by atoms with Crippen LogP contribution < -0.4 is 10.7 Å². The molecule has 1 aromatic heterocycles. The molecule has 0 unspecified atom stereocenters. The molecule has 0 spiro atoms. The number of benzene rings is 2. The lowest BCUT2D eigenvalue weighted by molar-refractivity contribution is 0.101. The largest absolute Gasteiger partial charge is 0.320 e. The molecule has 0 aliphatic heterocycles. The highest BCUT2D eigenvalue weighted by Gasteiger charge is 2.17. The standard InChI is InChI=1S/C18H16ClN3O2/c1-10-5-4-6-14(11(10)2)20-18(24)16-17(23)13-9-12(19)7-8-15(13)22(3)21-16/h4-9H,1-3H3,(H,20,24). The molecule has 2 aromatic carbocycles. The van der Waals surface area contributed by atoms with Crippen molar-refractivity contribution in [2.45, 2.75) is 13.8 Å². The van der Waals surface area contributed by atoms with Gasteiger partial charge in [0.2, 0.25) is 5.43 Å². The Balaban J connectivity index is 2.09. The topological polar surface area (TPSA) is 64.0 Å². The lowest BCUT2D eigenvalue weighted by Crippen LogP contribution is -2.26. The van der Waals surface area contributed by atoms with Crippen LogP contribution in [0, 0.1) is 13.8 Å². The smallest absolute Gasteiger partial charge is 0.280 e. The van der Waals surface area contributed by atoms with E-state index >= 15 is 0 Å². The molecule has 0 atom stereocenters. The zero-order valence-electron chi connectivity index (χ0n) is 13.6. The Labute approximate surface area is 143 Å². The van der Waals surface area contributed by atoms with Gasteiger partial charge in [0.25, 0.3) is 5.91 Å². The summed E-state index contributed by atoms with van der Waals surface area (Å²) in [7, 11) is 1.68. The minimum Gasteiger partial charge on any atom is -0.320 e. The van der Waals surface area contributed by atoms with E-state index < -0.39 is 11.3 Å². The van der Waals surface area contributed by atoms with Gasteiger partial charge in [-0.3, -0.25) is 14.3 Å². The van der Waals surface area contributed by atoms with Crippen LogP contribution in [0.15, 0.2) is 41.2 Å². The van der Waals surface area contributed by atoms with Gasteiger partial charge in [-0.05, 0) is 49.2 Å². The first-order chi connectivity index (χ1) is 11.4. The van der Waals surface area contributed by atoms with Gasteiger partial charge in [0.1, 0.15) is 0 Å². The van der Waals surface area contributed by atoms with Crippen LogP contribution in [0.2, 0.25) is 5.02 Å². The van der Waals surface area contributed by atoms with Gasteiger partial charge >= 0.3 is 0 Å². The molecule has 0 radical (unpaired) electrons. The van der Waals surface area contributed by atoms with Crippen molar-refractivity contribution in [3.05, 3.63) is 68.5 Å². The fourth-order valence-corrected chi connectivity index (χ4v) is 2.74. The molecule has 0 aliphatic carbocycles. The summed E-state index contributed by atoms with van der Waals surface area (Å²) in [5, 5.41) is 7.70. The summed E-state index contributed by atoms with van der Waals surface area (Å²) in [5.41, 5.74) is 2.69. The number of anilines is 1. The molecule has 0 saturated heterocycles. The Kier molecular flexibility index (Phi) is 4.11. The second-order valence-corrected chi connectivity index (χ2v) is 6.10. The van der Waals surface area contributed by atoms with Gasteiger partial charge in [-0.15, -0.1) is 0 Å². The fourth-order valence-electron chi connectivity index (χ4n) is 2.57. The van der Waals surface area contributed by atoms with E-state index in [9.17, 15) is 9.59 Å². The summed E-state index contributed by atoms with van der Waals surface area (Å²) < 4.78 is 1.51. The molecule has 24 heavy (non-hydrogen) atoms. The number of rotatable bonds is 2. The molecule has 0 fully saturated rings. The number of nitrogens with zero attached hydrogens (tertiary/aromatic N) is 2. The summed E-state index contributed by atoms with van der Waals surface area (Å²) >= 11 is 5.97. The van der Waals surface area contributed by atoms with Gasteiger partial charge in [-0.2, -0.15) is 5.10 Å². The Bertz CT molecular complexity index is 1020. The fraction of sp³-hybridized carbons (Fsp3) is 0.167. The molecule has 1 N–H and O–H groups in total. The van der Waals surface area contributed by atoms with Crippen molar-refractivity contribution in [3.8, 4) is 0 Å². The van der Waals surface area contributed by atoms with Crippen molar-refractivity contribution < 1.29 is 4.79 Å². The van der Waals surface area contributed by atoms with E-state index in [1.54, 1.807) is 31.3 Å². The van der Waals surface area contributed by atoms with E-state index in [2.05, 4.69) is 10.4 Å². The monoisotopic (exact) mass is 341 g/mol. The normalized spacial score (nSPS) is 10.8. The molecule has 0 aliphatic rings. The van der Waals surface area contributed by atoms with Crippen molar-refractivity contribution in [3.63, 3.8) is 0 Å². The molecule has 6 heteroatoms. The first-order valence-corrected chi connectivity index (χ1v) is 7.80. The van der Waals surface area contributed by atoms with E-state index in [0.29, 0.717) is 21.6 Å². The lowest BCUT2D eigenvalue weighted by Gasteiger charge is -2.11. The molecular formula is C18H16ClN3O2. The van der Waals surface area contributed by atoms with Crippen molar-refractivity contribution in [1.29, 1.82) is 0 Å². The van der Waals surface area contributed by atoms with Crippen molar-refractivity contribution in [1.82, 2.24) is 9.78 Å². The minimum atomic E-state index is -0.536. The Hall–Kier alpha value is -2.66. The summed E-state index contributed by atoms with van der Waals surface area (Å²) in [6.07, 6.45) is 0. The summed E-state index contributed by atoms with van der Waals surface area (Å²) in [6.45, 7) is 3.87. The van der Waals surface area contributed by atoms with Gasteiger partial charge in [-0.1, -0.05) is 23.7 Å². The van der Waals surface area contributed by atoms with Crippen molar-refractivity contribution in [2.75, 3.05) is 5.32 Å². The number of carbonyl (C=O) groups excluding carboxylic acids is 1. The Morgan fingerprint density at radius 3 is 2.71 bits per heavy atom. The Morgan fingerprint density at radius 2 is 1.96 bits per heavy atom. The quantitative estimate of drug-likeness (QED) is 0.776. The van der Waals surface area contributed by atoms with Gasteiger partial charge in [-0.25, -0.2) is 0 Å². The van der Waals surface area contributed by atoms with Gasteiger partial charge < -0.3 is 5.32 Å². The van der Waals surface area contributed by atoms with E-state index in [4.69, 9.17) is 11.6 Å². The third kappa shape index (κ3) is 2.78. The second kappa shape index (κ2) is 6.09. The predicted octanol–water partition coefficient (Wildman–Crippen LogP) is 3.46. The zero-order valence-corrected chi connectivity index (χ0v) is 14.3. The molecule has 3 aromatic rings. The van der Waals surface area contributed by atoms with Crippen LogP contribution in [0.1, 0.15) is 21.6 Å². The maximum Gasteiger partial charge on any atom is 0.280 e. The zero-order chi connectivity index (χ0) is 17.4. The van der Waals surface area contributed by atoms with Crippen molar-refractivity contribution >= 4 is 34.1 Å². The van der Waals surface area contributed by atoms with Crippen LogP contribution in [0.3, 0.4) is 0 Å². The van der Waals surface area contributed by atoms with E-state index in [1.165, 1.54) is 4.68 Å². The maximum atomic E-state index is 12.6. The second-order valence-electron chi connectivity index (χ2n) is 5.66. The number of hydrogen-bond donors (Lipinski definition) is 1. The third-order valence-electron chi connectivity index (χ3n) is 4.08. The number of aryl methyl sites for hydroxylation is 2. The number of aromatic nitrogens is 2. The van der Waals surface area contributed by atoms with Gasteiger partial charge in [0.15, 0.2) is 5.69 Å². The number of halogens is 1. The highest BCUT2D eigenvalue weighted by Crippen LogP contribution is 2.19. The number of nitrogens with one attached hydrogen (secondary N) is 1. The predicted molar refractivity (Wildman–Crippen MR) is 95.9 cm³/mol. The van der Waals surface area contributed by atoms with Gasteiger partial charge in [0, 0.05) is 17.8 Å². The molecule has 0 saturated carbocycles. The van der Waals surface area contributed by atoms with Crippen LogP contribution in [-0.4, -0.2) is 15.7 Å².